The molecule has 0 saturated heterocycles. The normalized spacial score (nSPS) is 15.2. The summed E-state index contributed by atoms with van der Waals surface area (Å²) in [4.78, 5) is 40.3. The van der Waals surface area contributed by atoms with Gasteiger partial charge in [0.2, 0.25) is 5.91 Å². The number of carbonyl (C=O) groups excluding carboxylic acids is 3. The highest BCUT2D eigenvalue weighted by Gasteiger charge is 2.31. The Hall–Kier alpha value is -4.13. The number of nitrogens with zero attached hydrogens (tertiary/aromatic N) is 1. The van der Waals surface area contributed by atoms with Crippen molar-refractivity contribution in [2.24, 2.45) is 0 Å². The summed E-state index contributed by atoms with van der Waals surface area (Å²) in [6.07, 6.45) is 1.19. The van der Waals surface area contributed by atoms with Crippen LogP contribution in [0.4, 0.5) is 16.2 Å². The van der Waals surface area contributed by atoms with Gasteiger partial charge in [-0.2, -0.15) is 0 Å². The van der Waals surface area contributed by atoms with Crippen LogP contribution in [-0.4, -0.2) is 29.9 Å². The lowest BCUT2D eigenvalue weighted by atomic mass is 10.1. The molecule has 1 aliphatic heterocycles. The molecule has 0 fully saturated rings. The molecule has 4 amide bonds. The molecule has 3 aromatic rings. The van der Waals surface area contributed by atoms with Gasteiger partial charge in [0, 0.05) is 23.0 Å². The summed E-state index contributed by atoms with van der Waals surface area (Å²) in [6, 6.07) is 23.3. The molecule has 1 aliphatic rings. The van der Waals surface area contributed by atoms with Crippen molar-refractivity contribution in [2.45, 2.75) is 45.3 Å². The molecule has 4 rings (SSSR count). The maximum absolute atomic E-state index is 13.7. The van der Waals surface area contributed by atoms with E-state index in [0.717, 1.165) is 16.8 Å². The van der Waals surface area contributed by atoms with E-state index >= 15 is 0 Å². The van der Waals surface area contributed by atoms with Crippen LogP contribution in [-0.2, 0) is 17.8 Å². The highest BCUT2D eigenvalue weighted by atomic mass is 16.2. The number of aryl methyl sites for hydroxylation is 1. The van der Waals surface area contributed by atoms with Gasteiger partial charge in [-0.1, -0.05) is 48.5 Å². The zero-order valence-corrected chi connectivity index (χ0v) is 20.0. The van der Waals surface area contributed by atoms with E-state index in [-0.39, 0.29) is 23.9 Å². The minimum Gasteiger partial charge on any atom is -0.340 e. The first-order valence-corrected chi connectivity index (χ1v) is 11.8. The van der Waals surface area contributed by atoms with Gasteiger partial charge in [-0.05, 0) is 68.1 Å². The Labute approximate surface area is 205 Å². The summed E-state index contributed by atoms with van der Waals surface area (Å²) in [5.41, 5.74) is 3.93. The smallest absolute Gasteiger partial charge is 0.319 e. The fraction of sp³-hybridized carbons (Fsp3) is 0.250. The van der Waals surface area contributed by atoms with Crippen LogP contribution in [0.15, 0.2) is 78.9 Å². The third-order valence-electron chi connectivity index (χ3n) is 5.84. The van der Waals surface area contributed by atoms with Crippen LogP contribution in [0.25, 0.3) is 0 Å². The number of rotatable bonds is 6. The first kappa shape index (κ1) is 24.0. The number of fused-ring (bicyclic) bond motifs is 1. The zero-order chi connectivity index (χ0) is 24.8. The van der Waals surface area contributed by atoms with Crippen LogP contribution in [0.5, 0.6) is 0 Å². The molecule has 0 saturated carbocycles. The van der Waals surface area contributed by atoms with Crippen LogP contribution in [0.2, 0.25) is 0 Å². The summed E-state index contributed by atoms with van der Waals surface area (Å²) in [5.74, 6) is -0.424. The Balaban J connectivity index is 1.57. The third-order valence-corrected chi connectivity index (χ3v) is 5.84. The largest absolute Gasteiger partial charge is 0.340 e. The summed E-state index contributed by atoms with van der Waals surface area (Å²) >= 11 is 0. The highest BCUT2D eigenvalue weighted by molar-refractivity contribution is 6.03. The number of hydrogen-bond acceptors (Lipinski definition) is 3. The number of carbonyl (C=O) groups is 3. The molecule has 1 atom stereocenters. The first-order valence-electron chi connectivity index (χ1n) is 11.8. The molecule has 0 radical (unpaired) electrons. The molecular weight excluding hydrogens is 440 g/mol. The molecular formula is C28H30N4O3. The van der Waals surface area contributed by atoms with Crippen molar-refractivity contribution in [1.82, 2.24) is 10.6 Å². The van der Waals surface area contributed by atoms with Gasteiger partial charge in [0.25, 0.3) is 5.91 Å². The second kappa shape index (κ2) is 10.9. The number of benzene rings is 3. The Morgan fingerprint density at radius 2 is 1.71 bits per heavy atom. The van der Waals surface area contributed by atoms with E-state index in [2.05, 4.69) is 16.0 Å². The lowest BCUT2D eigenvalue weighted by Crippen LogP contribution is -2.47. The van der Waals surface area contributed by atoms with Crippen LogP contribution in [0.1, 0.15) is 41.8 Å². The maximum atomic E-state index is 13.7. The molecule has 3 aromatic carbocycles. The lowest BCUT2D eigenvalue weighted by molar-refractivity contribution is -0.120. The fourth-order valence-corrected chi connectivity index (χ4v) is 4.20. The number of hydrogen-bond donors (Lipinski definition) is 3. The average Bonchev–Trinajstić information content (AvgIpc) is 2.97. The molecule has 1 unspecified atom stereocenters. The minimum atomic E-state index is -0.645. The summed E-state index contributed by atoms with van der Waals surface area (Å²) in [5, 5.41) is 8.58. The molecule has 1 heterocycles. The van der Waals surface area contributed by atoms with E-state index in [4.69, 9.17) is 0 Å². The standard InChI is InChI=1S/C28H30N4O3/c1-19(2)29-28(35)30-23-13-8-9-20(17-23)18-32-25-14-7-6-10-21(25)15-16-24(27(32)34)31-26(33)22-11-4-3-5-12-22/h3-14,17,19,24H,15-16,18H2,1-2H3,(H,31,33)(H2,29,30,35). The van der Waals surface area contributed by atoms with Crippen molar-refractivity contribution in [3.63, 3.8) is 0 Å². The molecule has 0 aromatic heterocycles. The Morgan fingerprint density at radius 1 is 0.971 bits per heavy atom. The number of urea groups is 1. The third kappa shape index (κ3) is 6.06. The molecule has 0 spiro atoms. The minimum absolute atomic E-state index is 0.0208. The van der Waals surface area contributed by atoms with Gasteiger partial charge < -0.3 is 20.9 Å². The van der Waals surface area contributed by atoms with Crippen molar-refractivity contribution >= 4 is 29.2 Å². The van der Waals surface area contributed by atoms with Crippen molar-refractivity contribution < 1.29 is 14.4 Å². The topological polar surface area (TPSA) is 90.5 Å². The molecule has 0 bridgehead atoms. The van der Waals surface area contributed by atoms with E-state index in [0.29, 0.717) is 30.6 Å². The van der Waals surface area contributed by atoms with Crippen molar-refractivity contribution in [1.29, 1.82) is 0 Å². The molecule has 180 valence electrons. The molecule has 7 heteroatoms. The van der Waals surface area contributed by atoms with E-state index in [1.807, 2.05) is 68.4 Å². The summed E-state index contributed by atoms with van der Waals surface area (Å²) in [7, 11) is 0. The number of anilines is 2. The number of para-hydroxylation sites is 1. The van der Waals surface area contributed by atoms with Crippen molar-refractivity contribution in [3.8, 4) is 0 Å². The number of nitrogens with one attached hydrogen (secondary N) is 3. The second-order valence-electron chi connectivity index (χ2n) is 8.94. The van der Waals surface area contributed by atoms with Crippen LogP contribution < -0.4 is 20.9 Å². The van der Waals surface area contributed by atoms with Crippen LogP contribution in [0.3, 0.4) is 0 Å². The van der Waals surface area contributed by atoms with E-state index in [9.17, 15) is 14.4 Å². The van der Waals surface area contributed by atoms with Gasteiger partial charge in [0.05, 0.1) is 6.54 Å². The Bertz CT molecular complexity index is 1210. The highest BCUT2D eigenvalue weighted by Crippen LogP contribution is 2.29. The first-order chi connectivity index (χ1) is 16.9. The van der Waals surface area contributed by atoms with Crippen LogP contribution in [0, 0.1) is 0 Å². The van der Waals surface area contributed by atoms with Gasteiger partial charge in [-0.15, -0.1) is 0 Å². The molecule has 7 nitrogen and oxygen atoms in total. The van der Waals surface area contributed by atoms with E-state index in [1.54, 1.807) is 29.2 Å². The monoisotopic (exact) mass is 470 g/mol. The molecule has 35 heavy (non-hydrogen) atoms. The second-order valence-corrected chi connectivity index (χ2v) is 8.94. The summed E-state index contributed by atoms with van der Waals surface area (Å²) in [6.45, 7) is 4.10. The lowest BCUT2D eigenvalue weighted by Gasteiger charge is -2.26. The predicted octanol–water partition coefficient (Wildman–Crippen LogP) is 4.49. The Morgan fingerprint density at radius 3 is 2.49 bits per heavy atom. The average molecular weight is 471 g/mol. The van der Waals surface area contributed by atoms with E-state index < -0.39 is 6.04 Å². The summed E-state index contributed by atoms with van der Waals surface area (Å²) < 4.78 is 0. The predicted molar refractivity (Wildman–Crippen MR) is 137 cm³/mol. The van der Waals surface area contributed by atoms with Gasteiger partial charge in [0.1, 0.15) is 6.04 Å². The van der Waals surface area contributed by atoms with Crippen molar-refractivity contribution in [2.75, 3.05) is 10.2 Å². The molecule has 3 N–H and O–H groups in total. The van der Waals surface area contributed by atoms with Gasteiger partial charge in [0.15, 0.2) is 0 Å². The van der Waals surface area contributed by atoms with Gasteiger partial charge >= 0.3 is 6.03 Å². The SMILES string of the molecule is CC(C)NC(=O)Nc1cccc(CN2C(=O)C(NC(=O)c3ccccc3)CCc3ccccc32)c1. The van der Waals surface area contributed by atoms with Gasteiger partial charge in [-0.25, -0.2) is 4.79 Å². The zero-order valence-electron chi connectivity index (χ0n) is 20.0. The van der Waals surface area contributed by atoms with E-state index in [1.165, 1.54) is 0 Å². The quantitative estimate of drug-likeness (QED) is 0.496. The van der Waals surface area contributed by atoms with Crippen molar-refractivity contribution in [3.05, 3.63) is 95.6 Å². The van der Waals surface area contributed by atoms with Gasteiger partial charge in [-0.3, -0.25) is 9.59 Å². The molecule has 0 aliphatic carbocycles. The number of amides is 4. The fourth-order valence-electron chi connectivity index (χ4n) is 4.20. The van der Waals surface area contributed by atoms with Crippen LogP contribution >= 0.6 is 0 Å². The Kier molecular flexibility index (Phi) is 7.45. The maximum Gasteiger partial charge on any atom is 0.319 e.